The van der Waals surface area contributed by atoms with Crippen LogP contribution in [0.2, 0.25) is 0 Å². The number of nitrogens with zero attached hydrogens (tertiary/aromatic N) is 1. The Hall–Kier alpha value is -1.61. The number of imidazole rings is 1. The third-order valence-electron chi connectivity index (χ3n) is 3.34. The molecule has 0 amide bonds. The number of aromatic nitrogens is 2. The Bertz CT molecular complexity index is 495. The lowest BCUT2D eigenvalue weighted by Crippen LogP contribution is -2.14. The molecule has 1 saturated heterocycles. The van der Waals surface area contributed by atoms with Gasteiger partial charge in [-0.25, -0.2) is 4.98 Å². The van der Waals surface area contributed by atoms with Crippen molar-refractivity contribution in [2.45, 2.75) is 25.8 Å². The van der Waals surface area contributed by atoms with Gasteiger partial charge in [0.25, 0.3) is 0 Å². The highest BCUT2D eigenvalue weighted by atomic mass is 15.0. The Morgan fingerprint density at radius 1 is 1.24 bits per heavy atom. The molecule has 2 aromatic rings. The lowest BCUT2D eigenvalue weighted by molar-refractivity contribution is 0.612. The predicted molar refractivity (Wildman–Crippen MR) is 68.7 cm³/mol. The molecule has 3 rings (SSSR count). The molecule has 1 aliphatic heterocycles. The molecule has 0 spiro atoms. The average molecular weight is 227 g/mol. The van der Waals surface area contributed by atoms with Gasteiger partial charge in [0.05, 0.1) is 11.7 Å². The monoisotopic (exact) mass is 227 g/mol. The van der Waals surface area contributed by atoms with Crippen LogP contribution in [0.4, 0.5) is 0 Å². The van der Waals surface area contributed by atoms with Crippen molar-refractivity contribution in [1.29, 1.82) is 0 Å². The highest BCUT2D eigenvalue weighted by molar-refractivity contribution is 5.61. The van der Waals surface area contributed by atoms with E-state index in [-0.39, 0.29) is 0 Å². The zero-order valence-corrected chi connectivity index (χ0v) is 10.0. The van der Waals surface area contributed by atoms with Crippen LogP contribution in [0.1, 0.15) is 30.4 Å². The van der Waals surface area contributed by atoms with Crippen LogP contribution in [0.3, 0.4) is 0 Å². The van der Waals surface area contributed by atoms with Crippen LogP contribution in [0.15, 0.2) is 30.3 Å². The Morgan fingerprint density at radius 3 is 2.76 bits per heavy atom. The molecule has 1 aromatic carbocycles. The van der Waals surface area contributed by atoms with Crippen molar-refractivity contribution in [3.8, 4) is 11.3 Å². The third kappa shape index (κ3) is 1.98. The second-order valence-electron chi connectivity index (χ2n) is 4.61. The minimum atomic E-state index is 0.408. The average Bonchev–Trinajstić information content (AvgIpc) is 2.99. The van der Waals surface area contributed by atoms with Gasteiger partial charge in [-0.05, 0) is 26.3 Å². The van der Waals surface area contributed by atoms with E-state index in [1.54, 1.807) is 0 Å². The first-order valence-corrected chi connectivity index (χ1v) is 6.20. The van der Waals surface area contributed by atoms with Gasteiger partial charge in [-0.1, -0.05) is 30.3 Å². The second-order valence-corrected chi connectivity index (χ2v) is 4.61. The number of aromatic amines is 1. The van der Waals surface area contributed by atoms with Gasteiger partial charge in [0.1, 0.15) is 5.82 Å². The molecule has 1 aliphatic rings. The fourth-order valence-electron chi connectivity index (χ4n) is 2.44. The molecule has 1 atom stereocenters. The van der Waals surface area contributed by atoms with E-state index in [0.29, 0.717) is 6.04 Å². The van der Waals surface area contributed by atoms with Gasteiger partial charge in [0.2, 0.25) is 0 Å². The van der Waals surface area contributed by atoms with Gasteiger partial charge in [0, 0.05) is 11.3 Å². The summed E-state index contributed by atoms with van der Waals surface area (Å²) in [6.45, 7) is 3.19. The number of aryl methyl sites for hydroxylation is 1. The summed E-state index contributed by atoms with van der Waals surface area (Å²) in [4.78, 5) is 8.16. The summed E-state index contributed by atoms with van der Waals surface area (Å²) < 4.78 is 0. The van der Waals surface area contributed by atoms with Crippen molar-refractivity contribution in [2.24, 2.45) is 0 Å². The summed E-state index contributed by atoms with van der Waals surface area (Å²) in [7, 11) is 0. The van der Waals surface area contributed by atoms with Crippen LogP contribution < -0.4 is 5.32 Å². The summed E-state index contributed by atoms with van der Waals surface area (Å²) >= 11 is 0. The molecule has 0 aliphatic carbocycles. The molecule has 1 aromatic heterocycles. The number of H-pyrrole nitrogens is 1. The summed E-state index contributed by atoms with van der Waals surface area (Å²) in [5.74, 6) is 1.08. The Labute approximate surface area is 101 Å². The Morgan fingerprint density at radius 2 is 2.06 bits per heavy atom. The van der Waals surface area contributed by atoms with Crippen LogP contribution in [-0.2, 0) is 0 Å². The third-order valence-corrected chi connectivity index (χ3v) is 3.34. The van der Waals surface area contributed by atoms with Crippen LogP contribution in [-0.4, -0.2) is 16.5 Å². The molecule has 1 fully saturated rings. The van der Waals surface area contributed by atoms with E-state index < -0.39 is 0 Å². The molecule has 17 heavy (non-hydrogen) atoms. The summed E-state index contributed by atoms with van der Waals surface area (Å²) in [5, 5.41) is 3.47. The molecule has 0 saturated carbocycles. The minimum Gasteiger partial charge on any atom is -0.344 e. The topological polar surface area (TPSA) is 40.7 Å². The molecule has 2 heterocycles. The second kappa shape index (κ2) is 4.34. The van der Waals surface area contributed by atoms with E-state index >= 15 is 0 Å². The van der Waals surface area contributed by atoms with E-state index in [0.717, 1.165) is 23.8 Å². The molecule has 2 N–H and O–H groups in total. The molecule has 3 heteroatoms. The molecule has 88 valence electrons. The number of benzene rings is 1. The maximum absolute atomic E-state index is 4.74. The van der Waals surface area contributed by atoms with E-state index in [1.165, 1.54) is 18.4 Å². The van der Waals surface area contributed by atoms with E-state index in [1.807, 2.05) is 6.07 Å². The summed E-state index contributed by atoms with van der Waals surface area (Å²) in [6, 6.07) is 10.8. The van der Waals surface area contributed by atoms with Crippen molar-refractivity contribution < 1.29 is 0 Å². The first kappa shape index (κ1) is 10.5. The first-order valence-electron chi connectivity index (χ1n) is 6.20. The molecule has 0 bridgehead atoms. The van der Waals surface area contributed by atoms with E-state index in [2.05, 4.69) is 41.5 Å². The van der Waals surface area contributed by atoms with Gasteiger partial charge >= 0.3 is 0 Å². The quantitative estimate of drug-likeness (QED) is 0.828. The van der Waals surface area contributed by atoms with Crippen LogP contribution >= 0.6 is 0 Å². The molecular weight excluding hydrogens is 210 g/mol. The fourth-order valence-corrected chi connectivity index (χ4v) is 2.44. The number of hydrogen-bond donors (Lipinski definition) is 2. The van der Waals surface area contributed by atoms with Crippen molar-refractivity contribution in [1.82, 2.24) is 15.3 Å². The lowest BCUT2D eigenvalue weighted by Gasteiger charge is -2.04. The Balaban J connectivity index is 1.96. The van der Waals surface area contributed by atoms with Gasteiger partial charge < -0.3 is 10.3 Å². The molecule has 3 nitrogen and oxygen atoms in total. The van der Waals surface area contributed by atoms with Gasteiger partial charge in [-0.2, -0.15) is 0 Å². The van der Waals surface area contributed by atoms with Crippen molar-refractivity contribution in [3.05, 3.63) is 41.9 Å². The van der Waals surface area contributed by atoms with Gasteiger partial charge in [-0.15, -0.1) is 0 Å². The maximum atomic E-state index is 4.74. The number of hydrogen-bond acceptors (Lipinski definition) is 2. The number of rotatable bonds is 2. The fraction of sp³-hybridized carbons (Fsp3) is 0.357. The zero-order chi connectivity index (χ0) is 11.7. The van der Waals surface area contributed by atoms with Crippen LogP contribution in [0.25, 0.3) is 11.3 Å². The lowest BCUT2D eigenvalue weighted by atomic mass is 10.1. The van der Waals surface area contributed by atoms with Crippen molar-refractivity contribution in [3.63, 3.8) is 0 Å². The molecular formula is C14H17N3. The standard InChI is InChI=1S/C14H17N3/c1-10-13(11-6-3-2-4-7-11)17-14(16-10)12-8-5-9-15-12/h2-4,6-7,12,15H,5,8-9H2,1H3,(H,16,17)/t12-/m0/s1. The van der Waals surface area contributed by atoms with E-state index in [9.17, 15) is 0 Å². The summed E-state index contributed by atoms with van der Waals surface area (Å²) in [6.07, 6.45) is 2.42. The zero-order valence-electron chi connectivity index (χ0n) is 10.0. The van der Waals surface area contributed by atoms with Crippen LogP contribution in [0, 0.1) is 6.92 Å². The molecule has 0 unspecified atom stereocenters. The largest absolute Gasteiger partial charge is 0.344 e. The maximum Gasteiger partial charge on any atom is 0.124 e. The SMILES string of the molecule is Cc1[nH]c([C@@H]2CCCN2)nc1-c1ccccc1. The van der Waals surface area contributed by atoms with Crippen molar-refractivity contribution >= 4 is 0 Å². The summed E-state index contributed by atoms with van der Waals surface area (Å²) in [5.41, 5.74) is 3.42. The number of nitrogens with one attached hydrogen (secondary N) is 2. The normalized spacial score (nSPS) is 19.7. The highest BCUT2D eigenvalue weighted by Crippen LogP contribution is 2.26. The van der Waals surface area contributed by atoms with Crippen LogP contribution in [0.5, 0.6) is 0 Å². The molecule has 0 radical (unpaired) electrons. The Kier molecular flexibility index (Phi) is 2.69. The minimum absolute atomic E-state index is 0.408. The van der Waals surface area contributed by atoms with Crippen molar-refractivity contribution in [2.75, 3.05) is 6.54 Å². The highest BCUT2D eigenvalue weighted by Gasteiger charge is 2.20. The van der Waals surface area contributed by atoms with Gasteiger partial charge in [-0.3, -0.25) is 0 Å². The first-order chi connectivity index (χ1) is 8.34. The van der Waals surface area contributed by atoms with E-state index in [4.69, 9.17) is 4.98 Å². The van der Waals surface area contributed by atoms with Gasteiger partial charge in [0.15, 0.2) is 0 Å². The smallest absolute Gasteiger partial charge is 0.124 e. The predicted octanol–water partition coefficient (Wildman–Crippen LogP) is 2.81.